The van der Waals surface area contributed by atoms with E-state index in [-0.39, 0.29) is 0 Å². The molecule has 0 saturated carbocycles. The monoisotopic (exact) mass is 731 g/mol. The van der Waals surface area contributed by atoms with Gasteiger partial charge < -0.3 is 4.42 Å². The Balaban J connectivity index is 1.21. The molecule has 0 bridgehead atoms. The lowest BCUT2D eigenvalue weighted by Gasteiger charge is -2.37. The first-order valence-corrected chi connectivity index (χ1v) is 19.1. The van der Waals surface area contributed by atoms with Crippen molar-refractivity contribution >= 4 is 43.9 Å². The summed E-state index contributed by atoms with van der Waals surface area (Å²) in [6.45, 7) is 0. The molecule has 0 aliphatic heterocycles. The number of furan rings is 1. The van der Waals surface area contributed by atoms with Gasteiger partial charge in [-0.3, -0.25) is 4.57 Å². The first kappa shape index (κ1) is 32.7. The van der Waals surface area contributed by atoms with Gasteiger partial charge in [-0.15, -0.1) is 0 Å². The van der Waals surface area contributed by atoms with Gasteiger partial charge in [0.2, 0.25) is 11.7 Å². The second-order valence-corrected chi connectivity index (χ2v) is 14.2. The number of nitrogens with zero attached hydrogens (tertiary/aromatic N) is 5. The summed E-state index contributed by atoms with van der Waals surface area (Å²) < 4.78 is 8.39. The standard InChI is InChI=1S/C51H33N5O/c1-4-18-35(19-5-1)51(36-20-6-2-7-21-36,37-22-8-3-9-23-37)38-24-14-17-34(33-38)47-53-48(41-27-15-31-45-46(41)42-28-16-32-52-49(42)57-45)55-50(54-47)56-43-29-12-10-25-39(43)40-26-11-13-30-44(40)56/h1-33H. The highest BCUT2D eigenvalue weighted by Crippen LogP contribution is 2.46. The van der Waals surface area contributed by atoms with Crippen LogP contribution < -0.4 is 0 Å². The van der Waals surface area contributed by atoms with Crippen molar-refractivity contribution in [2.75, 3.05) is 0 Å². The highest BCUT2D eigenvalue weighted by molar-refractivity contribution is 6.11. The van der Waals surface area contributed by atoms with E-state index in [0.29, 0.717) is 23.3 Å². The maximum Gasteiger partial charge on any atom is 0.238 e. The van der Waals surface area contributed by atoms with Gasteiger partial charge in [0.1, 0.15) is 5.58 Å². The van der Waals surface area contributed by atoms with E-state index in [1.54, 1.807) is 6.20 Å². The Morgan fingerprint density at radius 1 is 0.439 bits per heavy atom. The van der Waals surface area contributed by atoms with E-state index >= 15 is 0 Å². The number of hydrogen-bond acceptors (Lipinski definition) is 5. The van der Waals surface area contributed by atoms with Crippen LogP contribution in [0.2, 0.25) is 0 Å². The molecule has 0 spiro atoms. The Morgan fingerprint density at radius 2 is 0.982 bits per heavy atom. The maximum absolute atomic E-state index is 6.24. The zero-order valence-corrected chi connectivity index (χ0v) is 30.7. The quantitative estimate of drug-likeness (QED) is 0.153. The second-order valence-electron chi connectivity index (χ2n) is 14.2. The summed E-state index contributed by atoms with van der Waals surface area (Å²) in [6, 6.07) is 67.7. The van der Waals surface area contributed by atoms with E-state index in [0.717, 1.165) is 71.5 Å². The molecule has 11 rings (SSSR count). The molecule has 0 radical (unpaired) electrons. The Bertz CT molecular complexity index is 3090. The van der Waals surface area contributed by atoms with Crippen molar-refractivity contribution in [2.45, 2.75) is 5.41 Å². The fourth-order valence-corrected chi connectivity index (χ4v) is 8.66. The zero-order chi connectivity index (χ0) is 37.8. The molecule has 6 nitrogen and oxygen atoms in total. The van der Waals surface area contributed by atoms with E-state index in [4.69, 9.17) is 19.4 Å². The Morgan fingerprint density at radius 3 is 1.63 bits per heavy atom. The first-order valence-electron chi connectivity index (χ1n) is 19.1. The van der Waals surface area contributed by atoms with Gasteiger partial charge in [-0.25, -0.2) is 9.97 Å². The molecule has 268 valence electrons. The summed E-state index contributed by atoms with van der Waals surface area (Å²) in [5.41, 5.74) is 8.98. The third-order valence-corrected chi connectivity index (χ3v) is 11.1. The molecule has 0 fully saturated rings. The van der Waals surface area contributed by atoms with E-state index in [1.807, 2.05) is 24.3 Å². The maximum atomic E-state index is 6.24. The average molecular weight is 732 g/mol. The van der Waals surface area contributed by atoms with E-state index in [9.17, 15) is 0 Å². The van der Waals surface area contributed by atoms with Gasteiger partial charge in [-0.1, -0.05) is 158 Å². The number of rotatable bonds is 7. The largest absolute Gasteiger partial charge is 0.438 e. The number of pyridine rings is 1. The molecule has 11 aromatic rings. The van der Waals surface area contributed by atoms with Crippen LogP contribution in [0.5, 0.6) is 0 Å². The SMILES string of the molecule is c1ccc(C(c2ccccc2)(c2ccccc2)c2cccc(-c3nc(-c4cccc5oc6ncccc6c45)nc(-n4c5ccccc5c5ccccc54)n3)c2)cc1. The minimum atomic E-state index is -0.639. The number of para-hydroxylation sites is 2. The smallest absolute Gasteiger partial charge is 0.238 e. The van der Waals surface area contributed by atoms with Crippen molar-refractivity contribution in [1.29, 1.82) is 0 Å². The molecular formula is C51H33N5O. The molecule has 0 saturated heterocycles. The van der Waals surface area contributed by atoms with Crippen LogP contribution in [0.25, 0.3) is 72.6 Å². The highest BCUT2D eigenvalue weighted by Gasteiger charge is 2.38. The third kappa shape index (κ3) is 5.19. The summed E-state index contributed by atoms with van der Waals surface area (Å²) in [7, 11) is 0. The minimum Gasteiger partial charge on any atom is -0.438 e. The molecule has 0 unspecified atom stereocenters. The van der Waals surface area contributed by atoms with E-state index < -0.39 is 5.41 Å². The van der Waals surface area contributed by atoms with E-state index in [2.05, 4.69) is 179 Å². The molecule has 0 aliphatic carbocycles. The molecule has 57 heavy (non-hydrogen) atoms. The van der Waals surface area contributed by atoms with Crippen LogP contribution in [-0.4, -0.2) is 24.5 Å². The minimum absolute atomic E-state index is 0.529. The molecule has 4 heterocycles. The van der Waals surface area contributed by atoms with Gasteiger partial charge in [0, 0.05) is 38.9 Å². The van der Waals surface area contributed by atoms with Crippen LogP contribution in [0.1, 0.15) is 22.3 Å². The fraction of sp³-hybridized carbons (Fsp3) is 0.0196. The van der Waals surface area contributed by atoms with Crippen LogP contribution in [0.3, 0.4) is 0 Å². The Labute approximate surface area is 328 Å². The Kier molecular flexibility index (Phi) is 7.60. The van der Waals surface area contributed by atoms with Crippen LogP contribution in [-0.2, 0) is 5.41 Å². The highest BCUT2D eigenvalue weighted by atomic mass is 16.3. The normalized spacial score (nSPS) is 11.9. The topological polar surface area (TPSA) is 69.6 Å². The predicted molar refractivity (Wildman–Crippen MR) is 228 cm³/mol. The lowest BCUT2D eigenvalue weighted by atomic mass is 9.65. The molecule has 4 aromatic heterocycles. The molecular weight excluding hydrogens is 699 g/mol. The van der Waals surface area contributed by atoms with Crippen molar-refractivity contribution in [2.24, 2.45) is 0 Å². The van der Waals surface area contributed by atoms with Gasteiger partial charge in [0.25, 0.3) is 0 Å². The van der Waals surface area contributed by atoms with Gasteiger partial charge in [-0.05, 0) is 58.7 Å². The predicted octanol–water partition coefficient (Wildman–Crippen LogP) is 12.0. The lowest BCUT2D eigenvalue weighted by Crippen LogP contribution is -2.31. The number of aromatic nitrogens is 5. The number of fused-ring (bicyclic) bond motifs is 6. The third-order valence-electron chi connectivity index (χ3n) is 11.1. The van der Waals surface area contributed by atoms with Crippen molar-refractivity contribution in [3.05, 3.63) is 223 Å². The number of hydrogen-bond donors (Lipinski definition) is 0. The van der Waals surface area contributed by atoms with Crippen LogP contribution in [0.15, 0.2) is 205 Å². The molecule has 0 aliphatic rings. The van der Waals surface area contributed by atoms with Gasteiger partial charge in [0.15, 0.2) is 11.6 Å². The summed E-state index contributed by atoms with van der Waals surface area (Å²) in [5.74, 6) is 1.63. The van der Waals surface area contributed by atoms with Crippen LogP contribution in [0.4, 0.5) is 0 Å². The molecule has 0 amide bonds. The second kappa shape index (κ2) is 13.3. The van der Waals surface area contributed by atoms with E-state index in [1.165, 1.54) is 0 Å². The van der Waals surface area contributed by atoms with Gasteiger partial charge in [0.05, 0.1) is 16.4 Å². The average Bonchev–Trinajstić information content (AvgIpc) is 3.84. The zero-order valence-electron chi connectivity index (χ0n) is 30.7. The lowest BCUT2D eigenvalue weighted by molar-refractivity contribution is 0.654. The van der Waals surface area contributed by atoms with Crippen molar-refractivity contribution in [1.82, 2.24) is 24.5 Å². The Hall–Kier alpha value is -7.70. The van der Waals surface area contributed by atoms with Crippen molar-refractivity contribution < 1.29 is 4.42 Å². The summed E-state index contributed by atoms with van der Waals surface area (Å²) in [6.07, 6.45) is 1.75. The molecule has 0 atom stereocenters. The summed E-state index contributed by atoms with van der Waals surface area (Å²) >= 11 is 0. The van der Waals surface area contributed by atoms with Crippen LogP contribution in [0, 0.1) is 0 Å². The first-order chi connectivity index (χ1) is 28.3. The summed E-state index contributed by atoms with van der Waals surface area (Å²) in [4.78, 5) is 20.5. The number of benzene rings is 7. The summed E-state index contributed by atoms with van der Waals surface area (Å²) in [5, 5.41) is 4.08. The van der Waals surface area contributed by atoms with Gasteiger partial charge in [-0.2, -0.15) is 9.97 Å². The van der Waals surface area contributed by atoms with Crippen LogP contribution >= 0.6 is 0 Å². The molecule has 7 aromatic carbocycles. The fourth-order valence-electron chi connectivity index (χ4n) is 8.66. The van der Waals surface area contributed by atoms with Crippen molar-refractivity contribution in [3.63, 3.8) is 0 Å². The molecule has 6 heteroatoms. The van der Waals surface area contributed by atoms with Gasteiger partial charge >= 0.3 is 0 Å². The molecule has 0 N–H and O–H groups in total. The van der Waals surface area contributed by atoms with Crippen molar-refractivity contribution in [3.8, 4) is 28.7 Å².